The van der Waals surface area contributed by atoms with Crippen LogP contribution in [0.3, 0.4) is 0 Å². The molecule has 4 N–H and O–H groups in total. The summed E-state index contributed by atoms with van der Waals surface area (Å²) in [5.74, 6) is 0.622. The lowest BCUT2D eigenvalue weighted by molar-refractivity contribution is -0.116. The number of amides is 1. The maximum absolute atomic E-state index is 11.4. The van der Waals surface area contributed by atoms with Crippen LogP contribution in [0.5, 0.6) is 0 Å². The highest BCUT2D eigenvalue weighted by molar-refractivity contribution is 5.89. The fourth-order valence-corrected chi connectivity index (χ4v) is 1.34. The average Bonchev–Trinajstić information content (AvgIpc) is 3.00. The third kappa shape index (κ3) is 3.54. The molecule has 0 atom stereocenters. The van der Waals surface area contributed by atoms with Crippen molar-refractivity contribution in [1.82, 2.24) is 15.0 Å². The zero-order valence-electron chi connectivity index (χ0n) is 9.73. The van der Waals surface area contributed by atoms with Gasteiger partial charge in [-0.1, -0.05) is 6.92 Å². The van der Waals surface area contributed by atoms with Crippen molar-refractivity contribution < 1.29 is 4.79 Å². The van der Waals surface area contributed by atoms with Crippen LogP contribution in [0.25, 0.3) is 0 Å². The van der Waals surface area contributed by atoms with Crippen LogP contribution in [0.4, 0.5) is 17.8 Å². The first-order valence-electron chi connectivity index (χ1n) is 5.75. The second-order valence-electron chi connectivity index (χ2n) is 4.06. The Morgan fingerprint density at radius 1 is 1.35 bits per heavy atom. The van der Waals surface area contributed by atoms with E-state index in [2.05, 4.69) is 25.6 Å². The standard InChI is InChI=1S/C10H16N6O/c1-2-3-7(17)13-10-15-8(11)14-9(16-10)12-6-4-5-6/h6H,2-5H2,1H3,(H4,11,12,13,14,15,16,17). The van der Waals surface area contributed by atoms with Gasteiger partial charge in [0.1, 0.15) is 0 Å². The molecule has 0 aromatic carbocycles. The Kier molecular flexibility index (Phi) is 3.36. The largest absolute Gasteiger partial charge is 0.368 e. The van der Waals surface area contributed by atoms with E-state index in [-0.39, 0.29) is 17.8 Å². The van der Waals surface area contributed by atoms with Crippen LogP contribution >= 0.6 is 0 Å². The molecular formula is C10H16N6O. The Morgan fingerprint density at radius 3 is 2.71 bits per heavy atom. The molecular weight excluding hydrogens is 220 g/mol. The summed E-state index contributed by atoms with van der Waals surface area (Å²) in [6, 6.07) is 0.427. The SMILES string of the molecule is CCCC(=O)Nc1nc(N)nc(NC2CC2)n1. The number of carbonyl (C=O) groups excluding carboxylic acids is 1. The molecule has 7 nitrogen and oxygen atoms in total. The van der Waals surface area contributed by atoms with Gasteiger partial charge in [0, 0.05) is 12.5 Å². The number of carbonyl (C=O) groups is 1. The first-order valence-corrected chi connectivity index (χ1v) is 5.75. The summed E-state index contributed by atoms with van der Waals surface area (Å²) in [6.07, 6.45) is 3.45. The summed E-state index contributed by atoms with van der Waals surface area (Å²) < 4.78 is 0. The second kappa shape index (κ2) is 4.94. The molecule has 17 heavy (non-hydrogen) atoms. The number of nitrogen functional groups attached to an aromatic ring is 1. The quantitative estimate of drug-likeness (QED) is 0.697. The number of aromatic nitrogens is 3. The summed E-state index contributed by atoms with van der Waals surface area (Å²) in [4.78, 5) is 23.3. The summed E-state index contributed by atoms with van der Waals surface area (Å²) in [5, 5.41) is 5.71. The summed E-state index contributed by atoms with van der Waals surface area (Å²) >= 11 is 0. The average molecular weight is 236 g/mol. The Morgan fingerprint density at radius 2 is 2.06 bits per heavy atom. The smallest absolute Gasteiger partial charge is 0.236 e. The molecule has 1 heterocycles. The van der Waals surface area contributed by atoms with Crippen molar-refractivity contribution in [2.75, 3.05) is 16.4 Å². The molecule has 1 saturated carbocycles. The van der Waals surface area contributed by atoms with Crippen molar-refractivity contribution in [3.63, 3.8) is 0 Å². The van der Waals surface area contributed by atoms with E-state index in [1.165, 1.54) is 0 Å². The van der Waals surface area contributed by atoms with E-state index in [1.54, 1.807) is 0 Å². The topological polar surface area (TPSA) is 106 Å². The Hall–Kier alpha value is -1.92. The molecule has 0 bridgehead atoms. The van der Waals surface area contributed by atoms with Gasteiger partial charge in [0.05, 0.1) is 0 Å². The van der Waals surface area contributed by atoms with Gasteiger partial charge in [-0.15, -0.1) is 0 Å². The first-order chi connectivity index (χ1) is 8.17. The van der Waals surface area contributed by atoms with Gasteiger partial charge in [-0.3, -0.25) is 10.1 Å². The molecule has 0 saturated heterocycles. The molecule has 1 aromatic heterocycles. The highest BCUT2D eigenvalue weighted by Gasteiger charge is 2.22. The van der Waals surface area contributed by atoms with Crippen LogP contribution in [-0.2, 0) is 4.79 Å². The van der Waals surface area contributed by atoms with Gasteiger partial charge >= 0.3 is 0 Å². The third-order valence-electron chi connectivity index (χ3n) is 2.29. The van der Waals surface area contributed by atoms with Gasteiger partial charge in [-0.05, 0) is 19.3 Å². The van der Waals surface area contributed by atoms with Crippen molar-refractivity contribution in [3.05, 3.63) is 0 Å². The zero-order chi connectivity index (χ0) is 12.3. The van der Waals surface area contributed by atoms with Crippen molar-refractivity contribution in [2.24, 2.45) is 0 Å². The van der Waals surface area contributed by atoms with Crippen LogP contribution in [-0.4, -0.2) is 26.9 Å². The van der Waals surface area contributed by atoms with E-state index in [0.29, 0.717) is 18.4 Å². The molecule has 1 aliphatic rings. The minimum atomic E-state index is -0.115. The lowest BCUT2D eigenvalue weighted by Gasteiger charge is -2.06. The highest BCUT2D eigenvalue weighted by Crippen LogP contribution is 2.23. The number of nitrogens with two attached hydrogens (primary N) is 1. The number of rotatable bonds is 5. The molecule has 1 aliphatic carbocycles. The van der Waals surface area contributed by atoms with Crippen LogP contribution in [0.1, 0.15) is 32.6 Å². The molecule has 1 fully saturated rings. The normalized spacial score (nSPS) is 14.4. The summed E-state index contributed by atoms with van der Waals surface area (Å²) in [5.41, 5.74) is 5.55. The van der Waals surface area contributed by atoms with Gasteiger partial charge in [-0.2, -0.15) is 15.0 Å². The minimum absolute atomic E-state index is 0.106. The number of anilines is 3. The number of hydrogen-bond acceptors (Lipinski definition) is 6. The molecule has 0 aliphatic heterocycles. The van der Waals surface area contributed by atoms with Crippen molar-refractivity contribution in [1.29, 1.82) is 0 Å². The van der Waals surface area contributed by atoms with E-state index in [9.17, 15) is 4.79 Å². The van der Waals surface area contributed by atoms with E-state index < -0.39 is 0 Å². The predicted molar refractivity (Wildman–Crippen MR) is 64.4 cm³/mol. The zero-order valence-corrected chi connectivity index (χ0v) is 9.73. The molecule has 0 radical (unpaired) electrons. The maximum atomic E-state index is 11.4. The maximum Gasteiger partial charge on any atom is 0.236 e. The van der Waals surface area contributed by atoms with Crippen LogP contribution < -0.4 is 16.4 Å². The summed E-state index contributed by atoms with van der Waals surface area (Å²) in [7, 11) is 0. The Balaban J connectivity index is 2.04. The number of nitrogens with one attached hydrogen (secondary N) is 2. The summed E-state index contributed by atoms with van der Waals surface area (Å²) in [6.45, 7) is 1.93. The van der Waals surface area contributed by atoms with Crippen LogP contribution in [0, 0.1) is 0 Å². The van der Waals surface area contributed by atoms with Gasteiger partial charge in [0.25, 0.3) is 0 Å². The molecule has 0 unspecified atom stereocenters. The molecule has 1 aromatic rings. The number of hydrogen-bond donors (Lipinski definition) is 3. The van der Waals surface area contributed by atoms with Crippen molar-refractivity contribution in [2.45, 2.75) is 38.6 Å². The molecule has 2 rings (SSSR count). The van der Waals surface area contributed by atoms with E-state index >= 15 is 0 Å². The third-order valence-corrected chi connectivity index (χ3v) is 2.29. The fraction of sp³-hybridized carbons (Fsp3) is 0.600. The number of nitrogens with zero attached hydrogens (tertiary/aromatic N) is 3. The van der Waals surface area contributed by atoms with Gasteiger partial charge in [0.2, 0.25) is 23.8 Å². The lowest BCUT2D eigenvalue weighted by atomic mass is 10.3. The monoisotopic (exact) mass is 236 g/mol. The Labute approximate surface area is 99.2 Å². The second-order valence-corrected chi connectivity index (χ2v) is 4.06. The van der Waals surface area contributed by atoms with Gasteiger partial charge in [0.15, 0.2) is 0 Å². The highest BCUT2D eigenvalue weighted by atomic mass is 16.1. The van der Waals surface area contributed by atoms with E-state index in [0.717, 1.165) is 19.3 Å². The minimum Gasteiger partial charge on any atom is -0.368 e. The Bertz CT molecular complexity index is 417. The van der Waals surface area contributed by atoms with Crippen LogP contribution in [0.2, 0.25) is 0 Å². The molecule has 0 spiro atoms. The molecule has 92 valence electrons. The predicted octanol–water partition coefficient (Wildman–Crippen LogP) is 0.767. The van der Waals surface area contributed by atoms with Crippen molar-refractivity contribution >= 4 is 23.8 Å². The van der Waals surface area contributed by atoms with E-state index in [4.69, 9.17) is 5.73 Å². The van der Waals surface area contributed by atoms with Gasteiger partial charge < -0.3 is 11.1 Å². The molecule has 1 amide bonds. The van der Waals surface area contributed by atoms with Crippen molar-refractivity contribution in [3.8, 4) is 0 Å². The van der Waals surface area contributed by atoms with Crippen LogP contribution in [0.15, 0.2) is 0 Å². The lowest BCUT2D eigenvalue weighted by Crippen LogP contribution is -2.16. The van der Waals surface area contributed by atoms with E-state index in [1.807, 2.05) is 6.92 Å². The van der Waals surface area contributed by atoms with Gasteiger partial charge in [-0.25, -0.2) is 0 Å². The fourth-order valence-electron chi connectivity index (χ4n) is 1.34. The first kappa shape index (κ1) is 11.6. The molecule has 7 heteroatoms.